The Morgan fingerprint density at radius 1 is 1.32 bits per heavy atom. The summed E-state index contributed by atoms with van der Waals surface area (Å²) in [4.78, 5) is 20.1. The van der Waals surface area contributed by atoms with Crippen LogP contribution in [0.2, 0.25) is 0 Å². The first-order valence-corrected chi connectivity index (χ1v) is 9.49. The number of pyridine rings is 1. The van der Waals surface area contributed by atoms with Crippen LogP contribution in [0.25, 0.3) is 10.9 Å². The maximum absolute atomic E-state index is 12.6. The first kappa shape index (κ1) is 16.0. The van der Waals surface area contributed by atoms with Crippen LogP contribution in [0, 0.1) is 0 Å². The van der Waals surface area contributed by atoms with Crippen molar-refractivity contribution in [2.45, 2.75) is 19.1 Å². The van der Waals surface area contributed by atoms with Crippen molar-refractivity contribution in [3.63, 3.8) is 0 Å². The van der Waals surface area contributed by atoms with Gasteiger partial charge >= 0.3 is 0 Å². The molecule has 1 aromatic carbocycles. The number of ether oxygens (including phenoxy) is 1. The van der Waals surface area contributed by atoms with Crippen molar-refractivity contribution in [2.24, 2.45) is 0 Å². The van der Waals surface area contributed by atoms with Gasteiger partial charge in [0.1, 0.15) is 11.7 Å². The number of hydrogen-bond acceptors (Lipinski definition) is 4. The minimum absolute atomic E-state index is 0.139. The molecule has 0 radical (unpaired) electrons. The summed E-state index contributed by atoms with van der Waals surface area (Å²) >= 11 is 1.87. The number of aromatic amines is 1. The molecule has 1 aliphatic heterocycles. The van der Waals surface area contributed by atoms with Crippen molar-refractivity contribution < 1.29 is 9.53 Å². The molecule has 6 heteroatoms. The molecule has 0 unspecified atom stereocenters. The Bertz CT molecular complexity index is 887. The second-order valence-corrected chi connectivity index (χ2v) is 7.15. The minimum Gasteiger partial charge on any atom is -0.473 e. The number of aromatic nitrogens is 2. The standard InChI is InChI=1S/C19H19N3O2S/c23-18(22-11-13-10-21-17-6-2-1-4-15(13)17)16-5-3-8-20-19(16)24-14-7-9-25-12-14/h1-6,8,10,14,21H,7,9,11-12H2,(H,22,23)/t14-/m0/s1. The zero-order valence-corrected chi connectivity index (χ0v) is 14.5. The molecule has 3 aromatic rings. The monoisotopic (exact) mass is 353 g/mol. The number of amides is 1. The highest BCUT2D eigenvalue weighted by atomic mass is 32.2. The molecule has 1 fully saturated rings. The molecule has 25 heavy (non-hydrogen) atoms. The zero-order valence-electron chi connectivity index (χ0n) is 13.7. The van der Waals surface area contributed by atoms with Crippen LogP contribution in [0.4, 0.5) is 0 Å². The molecule has 1 aliphatic rings. The number of benzene rings is 1. The van der Waals surface area contributed by atoms with Gasteiger partial charge in [-0.25, -0.2) is 4.98 Å². The van der Waals surface area contributed by atoms with Gasteiger partial charge < -0.3 is 15.0 Å². The maximum atomic E-state index is 12.6. The maximum Gasteiger partial charge on any atom is 0.257 e. The minimum atomic E-state index is -0.168. The van der Waals surface area contributed by atoms with Crippen LogP contribution in [-0.4, -0.2) is 33.5 Å². The van der Waals surface area contributed by atoms with Gasteiger partial charge in [0.2, 0.25) is 5.88 Å². The van der Waals surface area contributed by atoms with Crippen molar-refractivity contribution in [3.05, 3.63) is 59.9 Å². The molecule has 128 valence electrons. The Morgan fingerprint density at radius 2 is 2.24 bits per heavy atom. The van der Waals surface area contributed by atoms with Crippen molar-refractivity contribution in [1.29, 1.82) is 0 Å². The molecule has 2 N–H and O–H groups in total. The van der Waals surface area contributed by atoms with Gasteiger partial charge in [-0.3, -0.25) is 4.79 Å². The van der Waals surface area contributed by atoms with Crippen molar-refractivity contribution in [3.8, 4) is 5.88 Å². The van der Waals surface area contributed by atoms with E-state index < -0.39 is 0 Å². The summed E-state index contributed by atoms with van der Waals surface area (Å²) < 4.78 is 5.94. The molecule has 4 rings (SSSR count). The fourth-order valence-corrected chi connectivity index (χ4v) is 4.06. The number of thioether (sulfide) groups is 1. The van der Waals surface area contributed by atoms with Crippen LogP contribution < -0.4 is 10.1 Å². The molecule has 0 bridgehead atoms. The molecule has 0 spiro atoms. The lowest BCUT2D eigenvalue weighted by molar-refractivity contribution is 0.0943. The number of hydrogen-bond donors (Lipinski definition) is 2. The largest absolute Gasteiger partial charge is 0.473 e. The van der Waals surface area contributed by atoms with E-state index in [0.29, 0.717) is 18.0 Å². The third kappa shape index (κ3) is 3.49. The van der Waals surface area contributed by atoms with E-state index >= 15 is 0 Å². The molecule has 2 aromatic heterocycles. The molecular weight excluding hydrogens is 334 g/mol. The Labute approximate surface area is 150 Å². The van der Waals surface area contributed by atoms with Gasteiger partial charge in [-0.1, -0.05) is 18.2 Å². The number of rotatable bonds is 5. The first-order chi connectivity index (χ1) is 12.3. The Kier molecular flexibility index (Phi) is 4.61. The molecule has 0 saturated carbocycles. The summed E-state index contributed by atoms with van der Waals surface area (Å²) in [6.07, 6.45) is 4.73. The number of carbonyl (C=O) groups is 1. The average Bonchev–Trinajstić information content (AvgIpc) is 3.30. The van der Waals surface area contributed by atoms with E-state index in [1.807, 2.05) is 42.2 Å². The lowest BCUT2D eigenvalue weighted by atomic mass is 10.1. The van der Waals surface area contributed by atoms with Gasteiger partial charge in [-0.15, -0.1) is 0 Å². The topological polar surface area (TPSA) is 67.0 Å². The van der Waals surface area contributed by atoms with Gasteiger partial charge in [0, 0.05) is 35.6 Å². The fraction of sp³-hybridized carbons (Fsp3) is 0.263. The molecule has 1 atom stereocenters. The third-order valence-electron chi connectivity index (χ3n) is 4.30. The average molecular weight is 353 g/mol. The van der Waals surface area contributed by atoms with Gasteiger partial charge in [-0.2, -0.15) is 11.8 Å². The molecule has 1 amide bonds. The summed E-state index contributed by atoms with van der Waals surface area (Å²) in [5, 5.41) is 4.09. The number of para-hydroxylation sites is 1. The van der Waals surface area contributed by atoms with E-state index in [1.165, 1.54) is 0 Å². The van der Waals surface area contributed by atoms with Crippen LogP contribution in [0.5, 0.6) is 5.88 Å². The van der Waals surface area contributed by atoms with Crippen LogP contribution in [-0.2, 0) is 6.54 Å². The van der Waals surface area contributed by atoms with E-state index in [2.05, 4.69) is 15.3 Å². The summed E-state index contributed by atoms with van der Waals surface area (Å²) in [7, 11) is 0. The molecule has 1 saturated heterocycles. The Balaban J connectivity index is 1.47. The van der Waals surface area contributed by atoms with Gasteiger partial charge in [0.15, 0.2) is 0 Å². The fourth-order valence-electron chi connectivity index (χ4n) is 2.97. The van der Waals surface area contributed by atoms with Crippen LogP contribution >= 0.6 is 11.8 Å². The smallest absolute Gasteiger partial charge is 0.257 e. The lowest BCUT2D eigenvalue weighted by Crippen LogP contribution is -2.25. The quantitative estimate of drug-likeness (QED) is 0.738. The predicted molar refractivity (Wildman–Crippen MR) is 100 cm³/mol. The SMILES string of the molecule is O=C(NCc1c[nH]c2ccccc12)c1cccnc1O[C@H]1CCSC1. The summed E-state index contributed by atoms with van der Waals surface area (Å²) in [6, 6.07) is 11.6. The summed E-state index contributed by atoms with van der Waals surface area (Å²) in [6.45, 7) is 0.455. The van der Waals surface area contributed by atoms with E-state index in [1.54, 1.807) is 18.3 Å². The Hall–Kier alpha value is -2.47. The third-order valence-corrected chi connectivity index (χ3v) is 5.43. The van der Waals surface area contributed by atoms with E-state index in [9.17, 15) is 4.79 Å². The van der Waals surface area contributed by atoms with Crippen LogP contribution in [0.1, 0.15) is 22.3 Å². The number of carbonyl (C=O) groups excluding carboxylic acids is 1. The second kappa shape index (κ2) is 7.19. The molecule has 3 heterocycles. The van der Waals surface area contributed by atoms with Crippen molar-refractivity contribution >= 4 is 28.6 Å². The molecule has 0 aliphatic carbocycles. The number of fused-ring (bicyclic) bond motifs is 1. The highest BCUT2D eigenvalue weighted by molar-refractivity contribution is 7.99. The van der Waals surface area contributed by atoms with Crippen molar-refractivity contribution in [1.82, 2.24) is 15.3 Å². The first-order valence-electron chi connectivity index (χ1n) is 8.34. The van der Waals surface area contributed by atoms with E-state index in [4.69, 9.17) is 4.74 Å². The predicted octanol–water partition coefficient (Wildman–Crippen LogP) is 3.38. The second-order valence-electron chi connectivity index (χ2n) is 6.00. The number of H-pyrrole nitrogens is 1. The Morgan fingerprint density at radius 3 is 3.12 bits per heavy atom. The van der Waals surface area contributed by atoms with Gasteiger partial charge in [0.25, 0.3) is 5.91 Å². The lowest BCUT2D eigenvalue weighted by Gasteiger charge is -2.14. The normalized spacial score (nSPS) is 16.9. The molecule has 5 nitrogen and oxygen atoms in total. The van der Waals surface area contributed by atoms with Crippen LogP contribution in [0.3, 0.4) is 0 Å². The van der Waals surface area contributed by atoms with Crippen LogP contribution in [0.15, 0.2) is 48.8 Å². The number of nitrogens with one attached hydrogen (secondary N) is 2. The number of nitrogens with zero attached hydrogens (tertiary/aromatic N) is 1. The zero-order chi connectivity index (χ0) is 17.1. The van der Waals surface area contributed by atoms with Gasteiger partial charge in [-0.05, 0) is 35.9 Å². The van der Waals surface area contributed by atoms with Gasteiger partial charge in [0.05, 0.1) is 0 Å². The summed E-state index contributed by atoms with van der Waals surface area (Å²) in [5.74, 6) is 2.30. The highest BCUT2D eigenvalue weighted by Gasteiger charge is 2.21. The van der Waals surface area contributed by atoms with E-state index in [-0.39, 0.29) is 12.0 Å². The molecular formula is C19H19N3O2S. The van der Waals surface area contributed by atoms with Crippen molar-refractivity contribution in [2.75, 3.05) is 11.5 Å². The summed E-state index contributed by atoms with van der Waals surface area (Å²) in [5.41, 5.74) is 2.61. The van der Waals surface area contributed by atoms with E-state index in [0.717, 1.165) is 34.4 Å². The highest BCUT2D eigenvalue weighted by Crippen LogP contribution is 2.24.